The fourth-order valence-electron chi connectivity index (χ4n) is 1.78. The molecule has 6 heteroatoms. The van der Waals surface area contributed by atoms with E-state index in [9.17, 15) is 4.79 Å². The predicted octanol–water partition coefficient (Wildman–Crippen LogP) is 3.18. The van der Waals surface area contributed by atoms with Gasteiger partial charge in [0, 0.05) is 17.6 Å². The van der Waals surface area contributed by atoms with Crippen LogP contribution in [0.2, 0.25) is 5.15 Å². The molecule has 2 aromatic rings. The summed E-state index contributed by atoms with van der Waals surface area (Å²) in [5.41, 5.74) is 1.80. The Balaban J connectivity index is 1.88. The van der Waals surface area contributed by atoms with Crippen molar-refractivity contribution in [3.05, 3.63) is 45.4 Å². The van der Waals surface area contributed by atoms with Crippen molar-refractivity contribution in [2.75, 3.05) is 18.9 Å². The Bertz CT molecular complexity index is 600. The molecular weight excluding hydrogens is 294 g/mol. The number of rotatable bonds is 5. The van der Waals surface area contributed by atoms with E-state index in [4.69, 9.17) is 11.6 Å². The van der Waals surface area contributed by atoms with Crippen LogP contribution < -0.4 is 5.32 Å². The van der Waals surface area contributed by atoms with Crippen LogP contribution in [0.4, 0.5) is 5.69 Å². The summed E-state index contributed by atoms with van der Waals surface area (Å²) < 4.78 is 0. The Morgan fingerprint density at radius 2 is 2.30 bits per heavy atom. The molecule has 0 bridgehead atoms. The first-order valence-corrected chi connectivity index (χ1v) is 7.44. The molecule has 1 N–H and O–H groups in total. The number of aromatic nitrogens is 1. The van der Waals surface area contributed by atoms with Crippen molar-refractivity contribution >= 4 is 34.5 Å². The molecule has 0 spiro atoms. The minimum absolute atomic E-state index is 0.100. The fraction of sp³-hybridized carbons (Fsp3) is 0.286. The number of amides is 1. The molecule has 0 saturated carbocycles. The van der Waals surface area contributed by atoms with Crippen LogP contribution in [0.15, 0.2) is 29.8 Å². The van der Waals surface area contributed by atoms with Gasteiger partial charge in [0.2, 0.25) is 5.91 Å². The first-order chi connectivity index (χ1) is 9.56. The van der Waals surface area contributed by atoms with Crippen molar-refractivity contribution in [3.63, 3.8) is 0 Å². The minimum Gasteiger partial charge on any atom is -0.322 e. The van der Waals surface area contributed by atoms with Gasteiger partial charge in [0.25, 0.3) is 0 Å². The number of aryl methyl sites for hydroxylation is 1. The summed E-state index contributed by atoms with van der Waals surface area (Å²) >= 11 is 7.61. The predicted molar refractivity (Wildman–Crippen MR) is 83.3 cm³/mol. The van der Waals surface area contributed by atoms with Gasteiger partial charge in [-0.25, -0.2) is 4.98 Å². The van der Waals surface area contributed by atoms with Crippen molar-refractivity contribution in [3.8, 4) is 0 Å². The number of hydrogen-bond acceptors (Lipinski definition) is 4. The van der Waals surface area contributed by atoms with E-state index in [0.29, 0.717) is 17.4 Å². The molecule has 2 aromatic heterocycles. The summed E-state index contributed by atoms with van der Waals surface area (Å²) in [6.07, 6.45) is 1.59. The van der Waals surface area contributed by atoms with E-state index in [1.165, 1.54) is 10.4 Å². The third-order valence-corrected chi connectivity index (χ3v) is 4.14. The largest absolute Gasteiger partial charge is 0.322 e. The Labute approximate surface area is 127 Å². The number of carbonyl (C=O) groups is 1. The average molecular weight is 310 g/mol. The van der Waals surface area contributed by atoms with Crippen LogP contribution in [0.3, 0.4) is 0 Å². The highest BCUT2D eigenvalue weighted by atomic mass is 35.5. The Morgan fingerprint density at radius 1 is 1.50 bits per heavy atom. The number of thiophene rings is 1. The van der Waals surface area contributed by atoms with Gasteiger partial charge >= 0.3 is 0 Å². The van der Waals surface area contributed by atoms with Crippen molar-refractivity contribution in [1.82, 2.24) is 9.88 Å². The van der Waals surface area contributed by atoms with Crippen molar-refractivity contribution < 1.29 is 4.79 Å². The quantitative estimate of drug-likeness (QED) is 0.863. The van der Waals surface area contributed by atoms with Gasteiger partial charge in [0.05, 0.1) is 12.2 Å². The zero-order valence-corrected chi connectivity index (χ0v) is 13.0. The monoisotopic (exact) mass is 309 g/mol. The van der Waals surface area contributed by atoms with Gasteiger partial charge in [-0.05, 0) is 43.1 Å². The highest BCUT2D eigenvalue weighted by molar-refractivity contribution is 7.10. The molecule has 2 heterocycles. The van der Waals surface area contributed by atoms with Gasteiger partial charge in [0.1, 0.15) is 0 Å². The third kappa shape index (κ3) is 4.03. The zero-order chi connectivity index (χ0) is 14.5. The number of anilines is 1. The second-order valence-corrected chi connectivity index (χ2v) is 5.95. The average Bonchev–Trinajstić information content (AvgIpc) is 2.77. The minimum atomic E-state index is -0.100. The Morgan fingerprint density at radius 3 is 2.95 bits per heavy atom. The molecule has 2 rings (SSSR count). The van der Waals surface area contributed by atoms with E-state index < -0.39 is 0 Å². The molecule has 0 fully saturated rings. The molecule has 20 heavy (non-hydrogen) atoms. The molecule has 0 aliphatic carbocycles. The topological polar surface area (TPSA) is 45.2 Å². The van der Waals surface area contributed by atoms with E-state index in [0.717, 1.165) is 6.54 Å². The summed E-state index contributed by atoms with van der Waals surface area (Å²) in [5.74, 6) is -0.100. The second-order valence-electron chi connectivity index (χ2n) is 4.59. The SMILES string of the molecule is Cc1ccsc1CN(C)CC(=O)Nc1cccnc1Cl. The maximum absolute atomic E-state index is 12.0. The van der Waals surface area contributed by atoms with Gasteiger partial charge in [-0.1, -0.05) is 11.6 Å². The molecule has 0 aromatic carbocycles. The number of nitrogens with zero attached hydrogens (tertiary/aromatic N) is 2. The van der Waals surface area contributed by atoms with E-state index in [1.807, 2.05) is 11.9 Å². The van der Waals surface area contributed by atoms with Crippen LogP contribution in [-0.2, 0) is 11.3 Å². The second kappa shape index (κ2) is 6.83. The van der Waals surface area contributed by atoms with Gasteiger partial charge in [0.15, 0.2) is 5.15 Å². The molecule has 0 saturated heterocycles. The van der Waals surface area contributed by atoms with Crippen LogP contribution >= 0.6 is 22.9 Å². The number of carbonyl (C=O) groups excluding carboxylic acids is 1. The molecule has 0 unspecified atom stereocenters. The van der Waals surface area contributed by atoms with Crippen molar-refractivity contribution in [2.24, 2.45) is 0 Å². The van der Waals surface area contributed by atoms with E-state index in [2.05, 4.69) is 28.7 Å². The summed E-state index contributed by atoms with van der Waals surface area (Å²) in [5, 5.41) is 5.13. The normalized spacial score (nSPS) is 10.8. The Hall–Kier alpha value is -1.43. The molecule has 0 radical (unpaired) electrons. The standard InChI is InChI=1S/C14H16ClN3OS/c1-10-5-7-20-12(10)8-18(2)9-13(19)17-11-4-3-6-16-14(11)15/h3-7H,8-9H2,1-2H3,(H,17,19). The molecule has 0 aliphatic heterocycles. The number of hydrogen-bond donors (Lipinski definition) is 1. The highest BCUT2D eigenvalue weighted by Crippen LogP contribution is 2.18. The van der Waals surface area contributed by atoms with Gasteiger partial charge < -0.3 is 5.32 Å². The fourth-order valence-corrected chi connectivity index (χ4v) is 2.93. The number of halogens is 1. The lowest BCUT2D eigenvalue weighted by Gasteiger charge is -2.16. The number of likely N-dealkylation sites (N-methyl/N-ethyl adjacent to an activating group) is 1. The smallest absolute Gasteiger partial charge is 0.238 e. The van der Waals surface area contributed by atoms with Crippen LogP contribution in [-0.4, -0.2) is 29.4 Å². The first kappa shape index (κ1) is 15.0. The lowest BCUT2D eigenvalue weighted by molar-refractivity contribution is -0.117. The van der Waals surface area contributed by atoms with Crippen LogP contribution in [0.25, 0.3) is 0 Å². The summed E-state index contributed by atoms with van der Waals surface area (Å²) in [6, 6.07) is 5.56. The molecule has 0 aliphatic rings. The number of pyridine rings is 1. The zero-order valence-electron chi connectivity index (χ0n) is 11.4. The van der Waals surface area contributed by atoms with Gasteiger partial charge in [-0.3, -0.25) is 9.69 Å². The summed E-state index contributed by atoms with van der Waals surface area (Å²) in [4.78, 5) is 19.1. The third-order valence-electron chi connectivity index (χ3n) is 2.83. The Kier molecular flexibility index (Phi) is 5.11. The molecule has 1 amide bonds. The molecular formula is C14H16ClN3OS. The molecule has 0 atom stereocenters. The lowest BCUT2D eigenvalue weighted by Crippen LogP contribution is -2.29. The summed E-state index contributed by atoms with van der Waals surface area (Å²) in [7, 11) is 1.92. The summed E-state index contributed by atoms with van der Waals surface area (Å²) in [6.45, 7) is 3.15. The van der Waals surface area contributed by atoms with E-state index >= 15 is 0 Å². The van der Waals surface area contributed by atoms with E-state index in [-0.39, 0.29) is 5.91 Å². The highest BCUT2D eigenvalue weighted by Gasteiger charge is 2.11. The molecule has 106 valence electrons. The van der Waals surface area contributed by atoms with Crippen molar-refractivity contribution in [2.45, 2.75) is 13.5 Å². The van der Waals surface area contributed by atoms with Crippen LogP contribution in [0.5, 0.6) is 0 Å². The van der Waals surface area contributed by atoms with Crippen molar-refractivity contribution in [1.29, 1.82) is 0 Å². The lowest BCUT2D eigenvalue weighted by atomic mass is 10.3. The van der Waals surface area contributed by atoms with E-state index in [1.54, 1.807) is 29.7 Å². The van der Waals surface area contributed by atoms with Gasteiger partial charge in [-0.2, -0.15) is 0 Å². The first-order valence-electron chi connectivity index (χ1n) is 6.18. The number of nitrogens with one attached hydrogen (secondary N) is 1. The molecule has 4 nitrogen and oxygen atoms in total. The maximum atomic E-state index is 12.0. The van der Waals surface area contributed by atoms with Crippen LogP contribution in [0.1, 0.15) is 10.4 Å². The van der Waals surface area contributed by atoms with Crippen LogP contribution in [0, 0.1) is 6.92 Å². The van der Waals surface area contributed by atoms with Gasteiger partial charge in [-0.15, -0.1) is 11.3 Å². The maximum Gasteiger partial charge on any atom is 0.238 e.